The molecule has 0 amide bonds. The predicted molar refractivity (Wildman–Crippen MR) is 263 cm³/mol. The lowest BCUT2D eigenvalue weighted by atomic mass is 9.70. The number of benzene rings is 10. The fourth-order valence-electron chi connectivity index (χ4n) is 11.3. The average Bonchev–Trinajstić information content (AvgIpc) is 4.09. The van der Waals surface area contributed by atoms with Crippen molar-refractivity contribution in [2.75, 3.05) is 4.90 Å². The Hall–Kier alpha value is -8.40. The highest BCUT2D eigenvalue weighted by Gasteiger charge is 2.52. The van der Waals surface area contributed by atoms with Gasteiger partial charge in [0, 0.05) is 38.5 Å². The van der Waals surface area contributed by atoms with Crippen LogP contribution in [-0.4, -0.2) is 0 Å². The quantitative estimate of drug-likeness (QED) is 0.173. The second-order valence-electron chi connectivity index (χ2n) is 17.1. The molecule has 0 fully saturated rings. The van der Waals surface area contributed by atoms with Gasteiger partial charge in [-0.3, -0.25) is 0 Å². The molecular formula is C61H37NO2. The fraction of sp³-hybridized carbons (Fsp3) is 0.0164. The molecule has 0 unspecified atom stereocenters. The minimum atomic E-state index is -0.457. The van der Waals surface area contributed by atoms with Crippen LogP contribution in [0, 0.1) is 0 Å². The summed E-state index contributed by atoms with van der Waals surface area (Å²) in [6.45, 7) is 0. The first-order chi connectivity index (χ1) is 31.7. The summed E-state index contributed by atoms with van der Waals surface area (Å²) in [7, 11) is 0. The monoisotopic (exact) mass is 815 g/mol. The second-order valence-corrected chi connectivity index (χ2v) is 17.1. The van der Waals surface area contributed by atoms with Crippen molar-refractivity contribution in [3.63, 3.8) is 0 Å². The van der Waals surface area contributed by atoms with Gasteiger partial charge in [-0.2, -0.15) is 0 Å². The molecule has 0 radical (unpaired) electrons. The summed E-state index contributed by atoms with van der Waals surface area (Å²) >= 11 is 0. The number of hydrogen-bond donors (Lipinski definition) is 0. The first-order valence-corrected chi connectivity index (χ1v) is 22.0. The highest BCUT2D eigenvalue weighted by atomic mass is 16.3. The van der Waals surface area contributed by atoms with Crippen molar-refractivity contribution in [1.29, 1.82) is 0 Å². The molecule has 2 heterocycles. The molecule has 3 heteroatoms. The van der Waals surface area contributed by atoms with Gasteiger partial charge < -0.3 is 13.7 Å². The maximum absolute atomic E-state index is 6.73. The molecule has 0 bridgehead atoms. The largest absolute Gasteiger partial charge is 0.456 e. The summed E-state index contributed by atoms with van der Waals surface area (Å²) in [5.41, 5.74) is 21.2. The van der Waals surface area contributed by atoms with E-state index in [4.69, 9.17) is 8.83 Å². The number of hydrogen-bond acceptors (Lipinski definition) is 3. The van der Waals surface area contributed by atoms with Gasteiger partial charge in [0.25, 0.3) is 0 Å². The van der Waals surface area contributed by atoms with E-state index in [2.05, 4.69) is 229 Å². The summed E-state index contributed by atoms with van der Waals surface area (Å²) in [5, 5.41) is 4.20. The van der Waals surface area contributed by atoms with Crippen LogP contribution in [0.15, 0.2) is 233 Å². The maximum atomic E-state index is 6.73. The van der Waals surface area contributed by atoms with Gasteiger partial charge in [-0.05, 0) is 116 Å². The molecule has 0 saturated carbocycles. The smallest absolute Gasteiger partial charge is 0.136 e. The minimum Gasteiger partial charge on any atom is -0.456 e. The number of rotatable bonds is 5. The van der Waals surface area contributed by atoms with Gasteiger partial charge in [0.2, 0.25) is 0 Å². The van der Waals surface area contributed by atoms with Crippen molar-refractivity contribution in [2.24, 2.45) is 0 Å². The molecule has 10 aromatic carbocycles. The van der Waals surface area contributed by atoms with E-state index in [0.29, 0.717) is 0 Å². The van der Waals surface area contributed by atoms with E-state index in [1.165, 1.54) is 55.6 Å². The van der Waals surface area contributed by atoms with Gasteiger partial charge >= 0.3 is 0 Å². The van der Waals surface area contributed by atoms with Crippen LogP contribution < -0.4 is 4.90 Å². The summed E-state index contributed by atoms with van der Waals surface area (Å²) in [6.07, 6.45) is 0. The number of fused-ring (bicyclic) bond motifs is 16. The van der Waals surface area contributed by atoms with E-state index in [-0.39, 0.29) is 0 Å². The lowest BCUT2D eigenvalue weighted by Crippen LogP contribution is -2.26. The van der Waals surface area contributed by atoms with E-state index in [1.807, 2.05) is 0 Å². The zero-order valence-electron chi connectivity index (χ0n) is 34.6. The van der Waals surface area contributed by atoms with Crippen molar-refractivity contribution in [2.45, 2.75) is 5.41 Å². The van der Waals surface area contributed by atoms with Gasteiger partial charge in [0.15, 0.2) is 0 Å². The molecule has 1 spiro atoms. The Morgan fingerprint density at radius 2 is 0.828 bits per heavy atom. The van der Waals surface area contributed by atoms with Gasteiger partial charge in [-0.15, -0.1) is 0 Å². The van der Waals surface area contributed by atoms with Crippen LogP contribution in [0.5, 0.6) is 0 Å². The van der Waals surface area contributed by atoms with Gasteiger partial charge in [-0.1, -0.05) is 170 Å². The third kappa shape index (κ3) is 4.81. The van der Waals surface area contributed by atoms with Crippen molar-refractivity contribution in [3.05, 3.63) is 247 Å². The van der Waals surface area contributed by atoms with Gasteiger partial charge in [0.05, 0.1) is 11.1 Å². The van der Waals surface area contributed by atoms with Crippen LogP contribution in [0.2, 0.25) is 0 Å². The first kappa shape index (κ1) is 35.2. The molecule has 0 saturated heterocycles. The van der Waals surface area contributed by atoms with Crippen molar-refractivity contribution >= 4 is 60.9 Å². The van der Waals surface area contributed by atoms with Gasteiger partial charge in [-0.25, -0.2) is 0 Å². The summed E-state index contributed by atoms with van der Waals surface area (Å²) in [5.74, 6) is 0. The van der Waals surface area contributed by atoms with E-state index in [0.717, 1.165) is 72.1 Å². The molecule has 0 aliphatic heterocycles. The van der Waals surface area contributed by atoms with Crippen LogP contribution in [0.25, 0.3) is 88.4 Å². The zero-order valence-corrected chi connectivity index (χ0v) is 34.6. The molecule has 2 aromatic heterocycles. The highest BCUT2D eigenvalue weighted by molar-refractivity contribution is 6.18. The Morgan fingerprint density at radius 1 is 0.312 bits per heavy atom. The number of anilines is 3. The first-order valence-electron chi connectivity index (χ1n) is 22.0. The van der Waals surface area contributed by atoms with E-state index in [1.54, 1.807) is 0 Å². The van der Waals surface area contributed by atoms with Crippen LogP contribution in [0.4, 0.5) is 17.1 Å². The fourth-order valence-corrected chi connectivity index (χ4v) is 11.3. The molecule has 0 N–H and O–H groups in total. The maximum Gasteiger partial charge on any atom is 0.136 e. The highest BCUT2D eigenvalue weighted by Crippen LogP contribution is 2.64. The average molecular weight is 816 g/mol. The molecule has 3 nitrogen and oxygen atoms in total. The third-order valence-corrected chi connectivity index (χ3v) is 13.9. The normalized spacial score (nSPS) is 13.1. The SMILES string of the molecule is c1ccc(-c2ccc(N(c3ccc4oc5cc6c(cc5c4c3)oc3cccc(-c4ccccc4)c36)c3cccc4c3-c3ccccc3C43c4ccccc4-c4ccccc43)cc2)cc1. The zero-order chi connectivity index (χ0) is 41.9. The van der Waals surface area contributed by atoms with Crippen LogP contribution in [-0.2, 0) is 5.41 Å². The van der Waals surface area contributed by atoms with Crippen molar-refractivity contribution < 1.29 is 8.83 Å². The standard InChI is InChI=1S/C61H37NO2/c1-3-15-38(16-4-1)39-29-31-41(32-30-39)62(54-27-14-26-53-60(54)46-21-9-12-25-52(46)61(53)50-23-10-7-19-44(50)45-20-8-11-24-51(45)61)42-33-34-55-47(35-42)48-36-58-49(37-57(48)63-55)59-43(22-13-28-56(59)64-58)40-17-5-2-6-18-40/h1-37H. The Balaban J connectivity index is 1.01. The molecular weight excluding hydrogens is 779 g/mol. The Bertz CT molecular complexity index is 3790. The molecule has 12 aromatic rings. The topological polar surface area (TPSA) is 29.5 Å². The van der Waals surface area contributed by atoms with Crippen LogP contribution >= 0.6 is 0 Å². The Morgan fingerprint density at radius 3 is 1.56 bits per heavy atom. The van der Waals surface area contributed by atoms with Crippen LogP contribution in [0.1, 0.15) is 22.3 Å². The van der Waals surface area contributed by atoms with Crippen LogP contribution in [0.3, 0.4) is 0 Å². The Labute approximate surface area is 369 Å². The summed E-state index contributed by atoms with van der Waals surface area (Å²) in [4.78, 5) is 2.44. The Kier molecular flexibility index (Phi) is 7.32. The van der Waals surface area contributed by atoms with Gasteiger partial charge in [0.1, 0.15) is 22.3 Å². The van der Waals surface area contributed by atoms with E-state index < -0.39 is 5.41 Å². The minimum absolute atomic E-state index is 0.457. The van der Waals surface area contributed by atoms with E-state index in [9.17, 15) is 0 Å². The second kappa shape index (κ2) is 13.3. The molecule has 64 heavy (non-hydrogen) atoms. The molecule has 2 aliphatic carbocycles. The lowest BCUT2D eigenvalue weighted by Gasteiger charge is -2.31. The molecule has 0 atom stereocenters. The molecule has 298 valence electrons. The summed E-state index contributed by atoms with van der Waals surface area (Å²) < 4.78 is 13.4. The van der Waals surface area contributed by atoms with Crippen molar-refractivity contribution in [3.8, 4) is 44.5 Å². The predicted octanol–water partition coefficient (Wildman–Crippen LogP) is 16.6. The van der Waals surface area contributed by atoms with E-state index >= 15 is 0 Å². The number of furan rings is 2. The lowest BCUT2D eigenvalue weighted by molar-refractivity contribution is 0.664. The number of nitrogens with zero attached hydrogens (tertiary/aromatic N) is 1. The third-order valence-electron chi connectivity index (χ3n) is 13.9. The van der Waals surface area contributed by atoms with Crippen molar-refractivity contribution in [1.82, 2.24) is 0 Å². The summed E-state index contributed by atoms with van der Waals surface area (Å²) in [6, 6.07) is 81.4. The molecule has 2 aliphatic rings. The molecule has 14 rings (SSSR count).